The van der Waals surface area contributed by atoms with Gasteiger partial charge in [-0.3, -0.25) is 0 Å². The molecule has 9 nitrogen and oxygen atoms in total. The number of ether oxygens (including phenoxy) is 1. The highest BCUT2D eigenvalue weighted by Gasteiger charge is 2.31. The van der Waals surface area contributed by atoms with E-state index in [1.54, 1.807) is 25.3 Å². The summed E-state index contributed by atoms with van der Waals surface area (Å²) in [5.74, 6) is 0.987. The number of hydrogen-bond acceptors (Lipinski definition) is 7. The second-order valence-electron chi connectivity index (χ2n) is 5.91. The van der Waals surface area contributed by atoms with Crippen molar-refractivity contribution in [2.24, 2.45) is 0 Å². The third kappa shape index (κ3) is 3.15. The molecule has 4 heterocycles. The van der Waals surface area contributed by atoms with Crippen LogP contribution in [0.15, 0.2) is 33.9 Å². The average Bonchev–Trinajstić information content (AvgIpc) is 3.32. The molecule has 2 N–H and O–H groups in total. The van der Waals surface area contributed by atoms with Gasteiger partial charge >= 0.3 is 0 Å². The lowest BCUT2D eigenvalue weighted by atomic mass is 10.2. The van der Waals surface area contributed by atoms with Crippen molar-refractivity contribution < 1.29 is 17.7 Å². The zero-order valence-corrected chi connectivity index (χ0v) is 14.3. The molecule has 1 fully saturated rings. The number of nitrogens with one attached hydrogen (secondary N) is 2. The highest BCUT2D eigenvalue weighted by molar-refractivity contribution is 7.89. The largest absolute Gasteiger partial charge is 0.364 e. The van der Waals surface area contributed by atoms with Crippen molar-refractivity contribution in [1.29, 1.82) is 0 Å². The molecule has 1 aliphatic rings. The van der Waals surface area contributed by atoms with Gasteiger partial charge in [-0.2, -0.15) is 4.98 Å². The van der Waals surface area contributed by atoms with Gasteiger partial charge in [-0.25, -0.2) is 18.1 Å². The van der Waals surface area contributed by atoms with Gasteiger partial charge in [0.2, 0.25) is 10.0 Å². The number of rotatable bonds is 5. The molecule has 25 heavy (non-hydrogen) atoms. The number of aromatic amines is 1. The number of aryl methyl sites for hydroxylation is 1. The van der Waals surface area contributed by atoms with E-state index in [-0.39, 0.29) is 23.6 Å². The van der Waals surface area contributed by atoms with E-state index in [0.29, 0.717) is 35.6 Å². The van der Waals surface area contributed by atoms with E-state index in [9.17, 15) is 8.42 Å². The van der Waals surface area contributed by atoms with Gasteiger partial charge in [0.1, 0.15) is 16.6 Å². The number of sulfonamides is 1. The highest BCUT2D eigenvalue weighted by Crippen LogP contribution is 2.31. The van der Waals surface area contributed by atoms with Gasteiger partial charge in [-0.05, 0) is 31.9 Å². The molecule has 132 valence electrons. The van der Waals surface area contributed by atoms with Crippen molar-refractivity contribution in [1.82, 2.24) is 24.8 Å². The maximum atomic E-state index is 12.6. The van der Waals surface area contributed by atoms with Crippen molar-refractivity contribution in [3.05, 3.63) is 36.2 Å². The summed E-state index contributed by atoms with van der Waals surface area (Å²) in [4.78, 5) is 11.3. The van der Waals surface area contributed by atoms with Gasteiger partial charge in [-0.1, -0.05) is 5.16 Å². The topological polar surface area (TPSA) is 123 Å². The summed E-state index contributed by atoms with van der Waals surface area (Å²) in [5.41, 5.74) is 0.534. The number of pyridine rings is 1. The van der Waals surface area contributed by atoms with Crippen molar-refractivity contribution in [3.63, 3.8) is 0 Å². The van der Waals surface area contributed by atoms with Gasteiger partial charge < -0.3 is 14.2 Å². The Hall–Kier alpha value is -2.30. The molecule has 3 aromatic heterocycles. The van der Waals surface area contributed by atoms with Crippen molar-refractivity contribution in [3.8, 4) is 0 Å². The molecular weight excluding hydrogens is 346 g/mol. The first-order valence-corrected chi connectivity index (χ1v) is 9.39. The maximum absolute atomic E-state index is 12.6. The Morgan fingerprint density at radius 2 is 2.28 bits per heavy atom. The Morgan fingerprint density at radius 3 is 3.08 bits per heavy atom. The van der Waals surface area contributed by atoms with Crippen LogP contribution in [0.2, 0.25) is 0 Å². The van der Waals surface area contributed by atoms with Crippen LogP contribution < -0.4 is 4.72 Å². The van der Waals surface area contributed by atoms with Crippen LogP contribution in [0.1, 0.15) is 30.7 Å². The first kappa shape index (κ1) is 16.2. The molecule has 0 amide bonds. The van der Waals surface area contributed by atoms with Gasteiger partial charge in [0, 0.05) is 24.3 Å². The SMILES string of the molecule is Cc1noc([C@@H]2CC[C@H](CNS(=O)(=O)c3c[nH]c4ncccc34)O2)n1. The minimum atomic E-state index is -3.66. The normalized spacial score (nSPS) is 21.2. The molecular formula is C15H17N5O4S. The van der Waals surface area contributed by atoms with Crippen molar-refractivity contribution in [2.75, 3.05) is 6.54 Å². The number of H-pyrrole nitrogens is 1. The molecule has 1 aliphatic heterocycles. The summed E-state index contributed by atoms with van der Waals surface area (Å²) in [5, 5.41) is 4.30. The van der Waals surface area contributed by atoms with Crippen LogP contribution in [0.4, 0.5) is 0 Å². The molecule has 0 bridgehead atoms. The van der Waals surface area contributed by atoms with Crippen LogP contribution in [-0.4, -0.2) is 41.2 Å². The molecule has 10 heteroatoms. The smallest absolute Gasteiger partial charge is 0.255 e. The fourth-order valence-electron chi connectivity index (χ4n) is 2.91. The molecule has 0 spiro atoms. The lowest BCUT2D eigenvalue weighted by molar-refractivity contribution is 0.0290. The van der Waals surface area contributed by atoms with Crippen LogP contribution in [-0.2, 0) is 14.8 Å². The van der Waals surface area contributed by atoms with E-state index in [0.717, 1.165) is 0 Å². The van der Waals surface area contributed by atoms with E-state index in [2.05, 4.69) is 24.8 Å². The van der Waals surface area contributed by atoms with Crippen molar-refractivity contribution in [2.45, 2.75) is 36.9 Å². The van der Waals surface area contributed by atoms with E-state index >= 15 is 0 Å². The first-order chi connectivity index (χ1) is 12.0. The molecule has 0 aromatic carbocycles. The molecule has 0 radical (unpaired) electrons. The van der Waals surface area contributed by atoms with Gasteiger partial charge in [0.05, 0.1) is 6.10 Å². The minimum absolute atomic E-state index is 0.178. The fraction of sp³-hybridized carbons (Fsp3) is 0.400. The Kier molecular flexibility index (Phi) is 4.02. The zero-order chi connectivity index (χ0) is 17.4. The van der Waals surface area contributed by atoms with Gasteiger partial charge in [-0.15, -0.1) is 0 Å². The van der Waals surface area contributed by atoms with Crippen LogP contribution in [0, 0.1) is 6.92 Å². The number of hydrogen-bond donors (Lipinski definition) is 2. The number of fused-ring (bicyclic) bond motifs is 1. The zero-order valence-electron chi connectivity index (χ0n) is 13.5. The lowest BCUT2D eigenvalue weighted by Gasteiger charge is -2.12. The molecule has 1 saturated heterocycles. The summed E-state index contributed by atoms with van der Waals surface area (Å²) in [7, 11) is -3.66. The Morgan fingerprint density at radius 1 is 1.40 bits per heavy atom. The monoisotopic (exact) mass is 363 g/mol. The second-order valence-corrected chi connectivity index (χ2v) is 7.64. The van der Waals surface area contributed by atoms with Gasteiger partial charge in [0.25, 0.3) is 5.89 Å². The lowest BCUT2D eigenvalue weighted by Crippen LogP contribution is -2.31. The Balaban J connectivity index is 1.43. The standard InChI is InChI=1S/C15H17N5O4S/c1-9-19-15(24-20-9)12-5-4-10(23-12)7-18-25(21,22)13-8-17-14-11(13)3-2-6-16-14/h2-3,6,8,10,12,18H,4-5,7H2,1H3,(H,16,17)/t10-,12+/m1/s1. The van der Waals surface area contributed by atoms with E-state index in [1.165, 1.54) is 6.20 Å². The summed E-state index contributed by atoms with van der Waals surface area (Å²) in [6, 6.07) is 3.42. The maximum Gasteiger partial charge on any atom is 0.255 e. The first-order valence-electron chi connectivity index (χ1n) is 7.90. The molecule has 4 rings (SSSR count). The molecule has 3 aromatic rings. The van der Waals surface area contributed by atoms with E-state index in [4.69, 9.17) is 9.26 Å². The van der Waals surface area contributed by atoms with Crippen LogP contribution in [0.5, 0.6) is 0 Å². The fourth-order valence-corrected chi connectivity index (χ4v) is 4.14. The van der Waals surface area contributed by atoms with Crippen molar-refractivity contribution >= 4 is 21.1 Å². The molecule has 0 unspecified atom stereocenters. The predicted molar refractivity (Wildman–Crippen MR) is 87.2 cm³/mol. The van der Waals surface area contributed by atoms with E-state index in [1.807, 2.05) is 0 Å². The number of aromatic nitrogens is 4. The van der Waals surface area contributed by atoms with Gasteiger partial charge in [0.15, 0.2) is 5.82 Å². The average molecular weight is 363 g/mol. The quantitative estimate of drug-likeness (QED) is 0.703. The van der Waals surface area contributed by atoms with Crippen LogP contribution in [0.3, 0.4) is 0 Å². The summed E-state index contributed by atoms with van der Waals surface area (Å²) in [6.45, 7) is 1.92. The minimum Gasteiger partial charge on any atom is -0.364 e. The third-order valence-corrected chi connectivity index (χ3v) is 5.59. The highest BCUT2D eigenvalue weighted by atomic mass is 32.2. The summed E-state index contributed by atoms with van der Waals surface area (Å²) >= 11 is 0. The molecule has 2 atom stereocenters. The van der Waals surface area contributed by atoms with Crippen LogP contribution in [0.25, 0.3) is 11.0 Å². The second kappa shape index (κ2) is 6.21. The third-order valence-electron chi connectivity index (χ3n) is 4.13. The number of nitrogens with zero attached hydrogens (tertiary/aromatic N) is 3. The summed E-state index contributed by atoms with van der Waals surface area (Å²) < 4.78 is 38.7. The van der Waals surface area contributed by atoms with E-state index < -0.39 is 10.0 Å². The summed E-state index contributed by atoms with van der Waals surface area (Å²) in [6.07, 6.45) is 3.95. The predicted octanol–water partition coefficient (Wildman–Crippen LogP) is 1.45. The van der Waals surface area contributed by atoms with Crippen LogP contribution >= 0.6 is 0 Å². The Bertz CT molecular complexity index is 996. The molecule has 0 saturated carbocycles. The molecule has 0 aliphatic carbocycles. The Labute approximate surface area is 143 Å².